The number of ether oxygens (including phenoxy) is 1. The molecule has 3 N–H and O–H groups in total. The number of hydrogen-bond acceptors (Lipinski definition) is 6. The van der Waals surface area contributed by atoms with E-state index in [4.69, 9.17) is 4.74 Å². The van der Waals surface area contributed by atoms with Crippen LogP contribution in [0.25, 0.3) is 0 Å². The Labute approximate surface area is 199 Å². The van der Waals surface area contributed by atoms with Gasteiger partial charge in [0.2, 0.25) is 0 Å². The van der Waals surface area contributed by atoms with Crippen LogP contribution in [0.1, 0.15) is 53.5 Å². The number of carbonyl (C=O) groups excluding carboxylic acids is 2. The van der Waals surface area contributed by atoms with Gasteiger partial charge in [-0.2, -0.15) is 0 Å². The van der Waals surface area contributed by atoms with Crippen LogP contribution in [0.15, 0.2) is 47.4 Å². The minimum absolute atomic E-state index is 0.0677. The van der Waals surface area contributed by atoms with Crippen molar-refractivity contribution in [3.05, 3.63) is 69.6 Å². The average Bonchev–Trinajstić information content (AvgIpc) is 2.80. The average molecular weight is 471 g/mol. The Kier molecular flexibility index (Phi) is 8.60. The fourth-order valence-electron chi connectivity index (χ4n) is 3.92. The summed E-state index contributed by atoms with van der Waals surface area (Å²) in [7, 11) is 0. The number of rotatable bonds is 9. The van der Waals surface area contributed by atoms with Gasteiger partial charge in [0, 0.05) is 32.4 Å². The summed E-state index contributed by atoms with van der Waals surface area (Å²) >= 11 is 0. The molecule has 1 aromatic carbocycles. The van der Waals surface area contributed by atoms with Crippen molar-refractivity contribution in [1.29, 1.82) is 0 Å². The largest absolute Gasteiger partial charge is 0.376 e. The molecule has 1 aromatic heterocycles. The van der Waals surface area contributed by atoms with Crippen LogP contribution < -0.4 is 16.2 Å². The van der Waals surface area contributed by atoms with Gasteiger partial charge >= 0.3 is 0 Å². The zero-order chi connectivity index (χ0) is 24.7. The quantitative estimate of drug-likeness (QED) is 0.508. The molecule has 9 nitrogen and oxygen atoms in total. The molecule has 0 radical (unpaired) electrons. The number of amides is 2. The molecule has 0 unspecified atom stereocenters. The molecular formula is C25H34N4O5. The molecular weight excluding hydrogens is 436 g/mol. The first-order valence-electron chi connectivity index (χ1n) is 11.6. The number of pyridine rings is 1. The Hall–Kier alpha value is -3.01. The van der Waals surface area contributed by atoms with E-state index in [0.29, 0.717) is 39.2 Å². The molecule has 0 aliphatic carbocycles. The predicted octanol–water partition coefficient (Wildman–Crippen LogP) is 1.20. The molecule has 34 heavy (non-hydrogen) atoms. The number of hydrogen-bond donors (Lipinski definition) is 3. The minimum Gasteiger partial charge on any atom is -0.376 e. The monoisotopic (exact) mass is 470 g/mol. The fourth-order valence-corrected chi connectivity index (χ4v) is 3.92. The van der Waals surface area contributed by atoms with Crippen molar-refractivity contribution in [1.82, 2.24) is 20.1 Å². The van der Waals surface area contributed by atoms with Crippen molar-refractivity contribution in [3.63, 3.8) is 0 Å². The van der Waals surface area contributed by atoms with E-state index < -0.39 is 17.2 Å². The highest BCUT2D eigenvalue weighted by Crippen LogP contribution is 2.17. The fraction of sp³-hybridized carbons (Fsp3) is 0.480. The molecule has 1 saturated heterocycles. The van der Waals surface area contributed by atoms with Crippen molar-refractivity contribution in [2.75, 3.05) is 32.8 Å². The third-order valence-corrected chi connectivity index (χ3v) is 5.79. The van der Waals surface area contributed by atoms with Crippen LogP contribution in [0.5, 0.6) is 0 Å². The van der Waals surface area contributed by atoms with Crippen molar-refractivity contribution in [2.24, 2.45) is 0 Å². The summed E-state index contributed by atoms with van der Waals surface area (Å²) in [5.74, 6) is -0.881. The normalized spacial score (nSPS) is 16.8. The van der Waals surface area contributed by atoms with Gasteiger partial charge in [0.25, 0.3) is 17.4 Å². The lowest BCUT2D eigenvalue weighted by molar-refractivity contribution is -0.140. The van der Waals surface area contributed by atoms with Gasteiger partial charge in [-0.15, -0.1) is 0 Å². The number of aliphatic hydroxyl groups is 1. The maximum atomic E-state index is 12.9. The summed E-state index contributed by atoms with van der Waals surface area (Å²) in [5.41, 5.74) is -0.322. The molecule has 1 aliphatic rings. The second-order valence-electron chi connectivity index (χ2n) is 8.90. The Morgan fingerprint density at radius 3 is 2.59 bits per heavy atom. The van der Waals surface area contributed by atoms with Gasteiger partial charge in [0.1, 0.15) is 11.3 Å². The topological polar surface area (TPSA) is 113 Å². The molecule has 2 amide bonds. The third kappa shape index (κ3) is 6.75. The molecule has 9 heteroatoms. The number of carbonyl (C=O) groups is 2. The smallest absolute Gasteiger partial charge is 0.263 e. The summed E-state index contributed by atoms with van der Waals surface area (Å²) in [6.07, 6.45) is 1.95. The molecule has 3 rings (SSSR count). The van der Waals surface area contributed by atoms with E-state index in [9.17, 15) is 19.5 Å². The summed E-state index contributed by atoms with van der Waals surface area (Å²) in [5, 5.41) is 15.7. The van der Waals surface area contributed by atoms with E-state index in [1.54, 1.807) is 20.8 Å². The molecule has 0 bridgehead atoms. The van der Waals surface area contributed by atoms with Gasteiger partial charge in [-0.05, 0) is 38.8 Å². The van der Waals surface area contributed by atoms with E-state index in [1.807, 2.05) is 35.2 Å². The van der Waals surface area contributed by atoms with Gasteiger partial charge < -0.3 is 25.0 Å². The SMILES string of the molecule is CCNC(=O)c1cc(C(=O)NCC[C@@H]2CN(C(C)(C)O)CCO2)cn(Cc2ccccc2)c1=O. The summed E-state index contributed by atoms with van der Waals surface area (Å²) < 4.78 is 7.16. The first-order chi connectivity index (χ1) is 16.2. The second-order valence-corrected chi connectivity index (χ2v) is 8.90. The Morgan fingerprint density at radius 2 is 1.91 bits per heavy atom. The number of aromatic nitrogens is 1. The van der Waals surface area contributed by atoms with Gasteiger partial charge in [-0.3, -0.25) is 19.3 Å². The Bertz CT molecular complexity index is 1050. The molecule has 0 spiro atoms. The predicted molar refractivity (Wildman–Crippen MR) is 129 cm³/mol. The van der Waals surface area contributed by atoms with Crippen LogP contribution in [-0.2, 0) is 11.3 Å². The second kappa shape index (κ2) is 11.4. The maximum absolute atomic E-state index is 12.9. The molecule has 1 fully saturated rings. The van der Waals surface area contributed by atoms with E-state index >= 15 is 0 Å². The van der Waals surface area contributed by atoms with E-state index in [2.05, 4.69) is 10.6 Å². The minimum atomic E-state index is -0.923. The van der Waals surface area contributed by atoms with Gasteiger partial charge in [-0.25, -0.2) is 0 Å². The highest BCUT2D eigenvalue weighted by atomic mass is 16.5. The molecule has 2 aromatic rings. The maximum Gasteiger partial charge on any atom is 0.263 e. The molecule has 2 heterocycles. The van der Waals surface area contributed by atoms with Crippen LogP contribution in [0, 0.1) is 0 Å². The van der Waals surface area contributed by atoms with Crippen LogP contribution >= 0.6 is 0 Å². The zero-order valence-corrected chi connectivity index (χ0v) is 20.0. The van der Waals surface area contributed by atoms with Crippen LogP contribution in [-0.4, -0.2) is 71.0 Å². The van der Waals surface area contributed by atoms with Crippen molar-refractivity contribution in [2.45, 2.75) is 45.6 Å². The van der Waals surface area contributed by atoms with Crippen molar-refractivity contribution in [3.8, 4) is 0 Å². The number of benzene rings is 1. The first-order valence-corrected chi connectivity index (χ1v) is 11.6. The highest BCUT2D eigenvalue weighted by molar-refractivity contribution is 5.99. The number of nitrogens with one attached hydrogen (secondary N) is 2. The Morgan fingerprint density at radius 1 is 1.18 bits per heavy atom. The van der Waals surface area contributed by atoms with Gasteiger partial charge in [-0.1, -0.05) is 30.3 Å². The van der Waals surface area contributed by atoms with Crippen LogP contribution in [0.2, 0.25) is 0 Å². The molecule has 184 valence electrons. The van der Waals surface area contributed by atoms with Gasteiger partial charge in [0.15, 0.2) is 0 Å². The Balaban J connectivity index is 1.72. The molecule has 0 saturated carbocycles. The van der Waals surface area contributed by atoms with Crippen LogP contribution in [0.3, 0.4) is 0 Å². The standard InChI is InChI=1S/C25H34N4O5/c1-4-26-23(31)21-14-19(16-28(24(21)32)15-18-8-6-5-7-9-18)22(30)27-11-10-20-17-29(12-13-34-20)25(2,3)33/h5-9,14,16,20,33H,4,10-13,15,17H2,1-3H3,(H,26,31)(H,27,30)/t20-/m1/s1. The zero-order valence-electron chi connectivity index (χ0n) is 20.0. The number of morpholine rings is 1. The lowest BCUT2D eigenvalue weighted by atomic mass is 10.1. The summed E-state index contributed by atoms with van der Waals surface area (Å²) in [6.45, 7) is 7.97. The molecule has 1 aliphatic heterocycles. The first kappa shape index (κ1) is 25.6. The van der Waals surface area contributed by atoms with E-state index in [1.165, 1.54) is 16.8 Å². The molecule has 1 atom stereocenters. The van der Waals surface area contributed by atoms with E-state index in [-0.39, 0.29) is 29.7 Å². The van der Waals surface area contributed by atoms with E-state index in [0.717, 1.165) is 5.56 Å². The number of nitrogens with zero attached hydrogens (tertiary/aromatic N) is 2. The van der Waals surface area contributed by atoms with Gasteiger partial charge in [0.05, 0.1) is 24.8 Å². The van der Waals surface area contributed by atoms with Crippen LogP contribution in [0.4, 0.5) is 0 Å². The summed E-state index contributed by atoms with van der Waals surface area (Å²) in [6, 6.07) is 10.7. The van der Waals surface area contributed by atoms with Crippen molar-refractivity contribution >= 4 is 11.8 Å². The third-order valence-electron chi connectivity index (χ3n) is 5.79. The summed E-state index contributed by atoms with van der Waals surface area (Å²) in [4.78, 5) is 40.3. The highest BCUT2D eigenvalue weighted by Gasteiger charge is 2.29. The van der Waals surface area contributed by atoms with Crippen molar-refractivity contribution < 1.29 is 19.4 Å². The lowest BCUT2D eigenvalue weighted by Crippen LogP contribution is -2.53. The lowest BCUT2D eigenvalue weighted by Gasteiger charge is -2.40.